The quantitative estimate of drug-likeness (QED) is 0.725. The molecule has 1 unspecified atom stereocenters. The number of hydrogen-bond acceptors (Lipinski definition) is 2. The molecule has 64 valence electrons. The van der Waals surface area contributed by atoms with Crippen molar-refractivity contribution in [3.63, 3.8) is 0 Å². The third kappa shape index (κ3) is 1.68. The maximum Gasteiger partial charge on any atom is 0.162 e. The molecule has 0 bridgehead atoms. The smallest absolute Gasteiger partial charge is 0.162 e. The summed E-state index contributed by atoms with van der Waals surface area (Å²) in [5.41, 5.74) is 0.0324. The van der Waals surface area contributed by atoms with Crippen molar-refractivity contribution in [1.82, 2.24) is 0 Å². The van der Waals surface area contributed by atoms with Gasteiger partial charge in [0.1, 0.15) is 11.9 Å². The highest BCUT2D eigenvalue weighted by Crippen LogP contribution is 2.16. The molecule has 0 saturated carbocycles. The summed E-state index contributed by atoms with van der Waals surface area (Å²) in [6.45, 7) is 1.22. The standard InChI is InChI=1S/C9H9FO2/c1-6(11)9(12)7-4-2-3-5-8(7)10/h2-5,9,12H,1H3. The molecule has 1 N–H and O–H groups in total. The summed E-state index contributed by atoms with van der Waals surface area (Å²) in [5.74, 6) is -1.01. The van der Waals surface area contributed by atoms with Crippen LogP contribution in [-0.4, -0.2) is 10.9 Å². The molecular weight excluding hydrogens is 159 g/mol. The summed E-state index contributed by atoms with van der Waals surface area (Å²) in [6.07, 6.45) is -1.34. The maximum absolute atomic E-state index is 12.9. The molecule has 1 atom stereocenters. The third-order valence-corrected chi connectivity index (χ3v) is 1.58. The fourth-order valence-corrected chi connectivity index (χ4v) is 0.916. The van der Waals surface area contributed by atoms with Crippen LogP contribution in [0.1, 0.15) is 18.6 Å². The summed E-state index contributed by atoms with van der Waals surface area (Å²) in [7, 11) is 0. The molecule has 1 aromatic rings. The van der Waals surface area contributed by atoms with E-state index in [4.69, 9.17) is 0 Å². The van der Waals surface area contributed by atoms with Gasteiger partial charge in [-0.05, 0) is 13.0 Å². The number of aliphatic hydroxyl groups is 1. The number of benzene rings is 1. The molecule has 0 amide bonds. The Morgan fingerprint density at radius 2 is 2.08 bits per heavy atom. The van der Waals surface area contributed by atoms with Crippen molar-refractivity contribution < 1.29 is 14.3 Å². The van der Waals surface area contributed by atoms with Gasteiger partial charge in [0.2, 0.25) is 0 Å². The van der Waals surface area contributed by atoms with E-state index in [2.05, 4.69) is 0 Å². The van der Waals surface area contributed by atoms with E-state index in [-0.39, 0.29) is 5.56 Å². The molecule has 0 fully saturated rings. The number of carbonyl (C=O) groups is 1. The van der Waals surface area contributed by atoms with Crippen LogP contribution < -0.4 is 0 Å². The lowest BCUT2D eigenvalue weighted by Gasteiger charge is -2.06. The van der Waals surface area contributed by atoms with E-state index in [9.17, 15) is 14.3 Å². The van der Waals surface area contributed by atoms with Crippen LogP contribution in [0.2, 0.25) is 0 Å². The molecule has 0 aliphatic rings. The zero-order chi connectivity index (χ0) is 9.14. The lowest BCUT2D eigenvalue weighted by atomic mass is 10.1. The first kappa shape index (κ1) is 8.87. The van der Waals surface area contributed by atoms with Crippen molar-refractivity contribution in [1.29, 1.82) is 0 Å². The van der Waals surface area contributed by atoms with Crippen molar-refractivity contribution in [2.75, 3.05) is 0 Å². The first-order valence-corrected chi connectivity index (χ1v) is 3.56. The van der Waals surface area contributed by atoms with Crippen LogP contribution in [0.5, 0.6) is 0 Å². The van der Waals surface area contributed by atoms with Crippen LogP contribution >= 0.6 is 0 Å². The highest BCUT2D eigenvalue weighted by Gasteiger charge is 2.15. The summed E-state index contributed by atoms with van der Waals surface area (Å²) in [6, 6.07) is 5.68. The van der Waals surface area contributed by atoms with Gasteiger partial charge in [0, 0.05) is 5.56 Å². The van der Waals surface area contributed by atoms with Gasteiger partial charge in [0.25, 0.3) is 0 Å². The third-order valence-electron chi connectivity index (χ3n) is 1.58. The molecular formula is C9H9FO2. The highest BCUT2D eigenvalue weighted by atomic mass is 19.1. The van der Waals surface area contributed by atoms with Crippen molar-refractivity contribution in [2.45, 2.75) is 13.0 Å². The SMILES string of the molecule is CC(=O)C(O)c1ccccc1F. The number of halogens is 1. The summed E-state index contributed by atoms with van der Waals surface area (Å²) >= 11 is 0. The second kappa shape index (κ2) is 3.45. The number of ketones is 1. The van der Waals surface area contributed by atoms with E-state index in [1.165, 1.54) is 25.1 Å². The largest absolute Gasteiger partial charge is 0.380 e. The van der Waals surface area contributed by atoms with Gasteiger partial charge in [-0.2, -0.15) is 0 Å². The van der Waals surface area contributed by atoms with Crippen LogP contribution in [0.25, 0.3) is 0 Å². The fraction of sp³-hybridized carbons (Fsp3) is 0.222. The molecule has 12 heavy (non-hydrogen) atoms. The molecule has 0 aromatic heterocycles. The van der Waals surface area contributed by atoms with Crippen molar-refractivity contribution in [2.24, 2.45) is 0 Å². The topological polar surface area (TPSA) is 37.3 Å². The average Bonchev–Trinajstić information content (AvgIpc) is 2.04. The Labute approximate surface area is 69.6 Å². The van der Waals surface area contributed by atoms with Gasteiger partial charge in [0.15, 0.2) is 5.78 Å². The number of hydrogen-bond donors (Lipinski definition) is 1. The fourth-order valence-electron chi connectivity index (χ4n) is 0.916. The van der Waals surface area contributed by atoms with Gasteiger partial charge in [-0.3, -0.25) is 4.79 Å². The summed E-state index contributed by atoms with van der Waals surface area (Å²) < 4.78 is 12.9. The average molecular weight is 168 g/mol. The first-order valence-electron chi connectivity index (χ1n) is 3.56. The predicted molar refractivity (Wildman–Crippen MR) is 42.0 cm³/mol. The van der Waals surface area contributed by atoms with E-state index < -0.39 is 17.7 Å². The first-order chi connectivity index (χ1) is 5.63. The lowest BCUT2D eigenvalue weighted by molar-refractivity contribution is -0.125. The van der Waals surface area contributed by atoms with Crippen molar-refractivity contribution >= 4 is 5.78 Å². The van der Waals surface area contributed by atoms with E-state index in [1.807, 2.05) is 0 Å². The normalized spacial score (nSPS) is 12.6. The van der Waals surface area contributed by atoms with Crippen LogP contribution in [0, 0.1) is 5.82 Å². The summed E-state index contributed by atoms with van der Waals surface area (Å²) in [4.78, 5) is 10.7. The molecule has 0 saturated heterocycles. The number of carbonyl (C=O) groups excluding carboxylic acids is 1. The summed E-state index contributed by atoms with van der Waals surface area (Å²) in [5, 5.41) is 9.19. The monoisotopic (exact) mass is 168 g/mol. The predicted octanol–water partition coefficient (Wildman–Crippen LogP) is 1.45. The Morgan fingerprint density at radius 3 is 2.58 bits per heavy atom. The van der Waals surface area contributed by atoms with Gasteiger partial charge in [-0.25, -0.2) is 4.39 Å². The molecule has 0 heterocycles. The van der Waals surface area contributed by atoms with E-state index in [0.717, 1.165) is 0 Å². The van der Waals surface area contributed by atoms with Crippen molar-refractivity contribution in [3.05, 3.63) is 35.6 Å². The number of Topliss-reactive ketones (excluding diaryl/α,β-unsaturated/α-hetero) is 1. The van der Waals surface area contributed by atoms with Crippen LogP contribution in [0.4, 0.5) is 4.39 Å². The molecule has 1 aromatic carbocycles. The maximum atomic E-state index is 12.9. The number of rotatable bonds is 2. The molecule has 2 nitrogen and oxygen atoms in total. The Kier molecular flexibility index (Phi) is 2.55. The van der Waals surface area contributed by atoms with Gasteiger partial charge in [0.05, 0.1) is 0 Å². The minimum Gasteiger partial charge on any atom is -0.380 e. The Balaban J connectivity index is 3.02. The minimum absolute atomic E-state index is 0.0324. The van der Waals surface area contributed by atoms with Crippen molar-refractivity contribution in [3.8, 4) is 0 Å². The second-order valence-electron chi connectivity index (χ2n) is 2.53. The molecule has 0 aliphatic carbocycles. The molecule has 1 rings (SSSR count). The zero-order valence-electron chi connectivity index (χ0n) is 6.62. The Morgan fingerprint density at radius 1 is 1.50 bits per heavy atom. The molecule has 0 spiro atoms. The number of aliphatic hydroxyl groups excluding tert-OH is 1. The van der Waals surface area contributed by atoms with Crippen LogP contribution in [0.15, 0.2) is 24.3 Å². The second-order valence-corrected chi connectivity index (χ2v) is 2.53. The van der Waals surface area contributed by atoms with Crippen LogP contribution in [-0.2, 0) is 4.79 Å². The highest BCUT2D eigenvalue weighted by molar-refractivity contribution is 5.81. The van der Waals surface area contributed by atoms with Gasteiger partial charge in [-0.15, -0.1) is 0 Å². The van der Waals surface area contributed by atoms with Gasteiger partial charge < -0.3 is 5.11 Å². The molecule has 0 aliphatic heterocycles. The Bertz CT molecular complexity index is 296. The Hall–Kier alpha value is -1.22. The van der Waals surface area contributed by atoms with Gasteiger partial charge >= 0.3 is 0 Å². The van der Waals surface area contributed by atoms with E-state index in [1.54, 1.807) is 6.07 Å². The van der Waals surface area contributed by atoms with E-state index >= 15 is 0 Å². The van der Waals surface area contributed by atoms with Gasteiger partial charge in [-0.1, -0.05) is 18.2 Å². The lowest BCUT2D eigenvalue weighted by Crippen LogP contribution is -2.09. The molecule has 0 radical (unpaired) electrons. The minimum atomic E-state index is -1.34. The van der Waals surface area contributed by atoms with Crippen LogP contribution in [0.3, 0.4) is 0 Å². The zero-order valence-corrected chi connectivity index (χ0v) is 6.62. The molecule has 3 heteroatoms. The van der Waals surface area contributed by atoms with E-state index in [0.29, 0.717) is 0 Å².